The average Bonchev–Trinajstić information content (AvgIpc) is 2.86. The molecule has 2 aromatic rings. The fourth-order valence-electron chi connectivity index (χ4n) is 3.73. The van der Waals surface area contributed by atoms with Crippen LogP contribution in [0.3, 0.4) is 0 Å². The lowest BCUT2D eigenvalue weighted by Crippen LogP contribution is -2.38. The lowest BCUT2D eigenvalue weighted by Gasteiger charge is -2.44. The number of hydrogen-bond donors (Lipinski definition) is 3. The molecule has 0 aliphatic carbocycles. The van der Waals surface area contributed by atoms with Crippen LogP contribution >= 0.6 is 0 Å². The molecule has 2 rings (SSSR count). The zero-order valence-corrected chi connectivity index (χ0v) is 20.8. The first-order valence-corrected chi connectivity index (χ1v) is 10.8. The first-order valence-electron chi connectivity index (χ1n) is 10.8. The van der Waals surface area contributed by atoms with Crippen molar-refractivity contribution in [1.29, 1.82) is 0 Å². The highest BCUT2D eigenvalue weighted by atomic mass is 16.3. The van der Waals surface area contributed by atoms with Crippen molar-refractivity contribution in [2.45, 2.75) is 92.4 Å². The smallest absolute Gasteiger partial charge is 0.183 e. The van der Waals surface area contributed by atoms with Crippen LogP contribution in [0, 0.1) is 12.3 Å². The molecule has 0 radical (unpaired) electrons. The molecule has 0 saturated carbocycles. The van der Waals surface area contributed by atoms with E-state index in [2.05, 4.69) is 99.0 Å². The molecular formula is C27H41NO2. The van der Waals surface area contributed by atoms with Gasteiger partial charge >= 0.3 is 0 Å². The first-order chi connectivity index (χ1) is 13.3. The molecule has 0 aliphatic heterocycles. The summed E-state index contributed by atoms with van der Waals surface area (Å²) in [7, 11) is 0. The predicted octanol–water partition coefficient (Wildman–Crippen LogP) is 7.35. The summed E-state index contributed by atoms with van der Waals surface area (Å²) in [5.41, 5.74) is 5.08. The number of benzene rings is 1. The number of nitrogens with one attached hydrogen (secondary N) is 1. The Morgan fingerprint density at radius 1 is 0.733 bits per heavy atom. The van der Waals surface area contributed by atoms with Gasteiger partial charge in [0.2, 0.25) is 0 Å². The largest absolute Gasteiger partial charge is 0.503 e. The fraction of sp³-hybridized carbons (Fsp3) is 0.556. The molecule has 0 unspecified atom stereocenters. The second-order valence-corrected chi connectivity index (χ2v) is 11.8. The Morgan fingerprint density at radius 3 is 1.47 bits per heavy atom. The minimum Gasteiger partial charge on any atom is -0.503 e. The Balaban J connectivity index is 2.68. The topological polar surface area (TPSA) is 56.2 Å². The van der Waals surface area contributed by atoms with Crippen molar-refractivity contribution in [1.82, 2.24) is 4.98 Å². The van der Waals surface area contributed by atoms with E-state index >= 15 is 0 Å². The number of aromatic nitrogens is 1. The molecule has 30 heavy (non-hydrogen) atoms. The zero-order chi connectivity index (χ0) is 23.4. The normalized spacial score (nSPS) is 13.6. The molecule has 1 heterocycles. The molecular weight excluding hydrogens is 370 g/mol. The molecule has 0 atom stereocenters. The minimum atomic E-state index is -0.403. The molecule has 3 nitrogen and oxygen atoms in total. The summed E-state index contributed by atoms with van der Waals surface area (Å²) in [6.07, 6.45) is 0. The van der Waals surface area contributed by atoms with Gasteiger partial charge in [-0.1, -0.05) is 94.0 Å². The highest BCUT2D eigenvalue weighted by molar-refractivity contribution is 5.74. The molecule has 1 aromatic carbocycles. The van der Waals surface area contributed by atoms with Crippen LogP contribution in [0.2, 0.25) is 0 Å². The van der Waals surface area contributed by atoms with Crippen molar-refractivity contribution in [2.24, 2.45) is 5.41 Å². The third-order valence-corrected chi connectivity index (χ3v) is 7.13. The molecule has 0 amide bonds. The standard InChI is InChI=1S/C27H41NO2/c1-16(21-23(30)22(29)17(2)28-21)26(9,10)27(11,12)20-14-18(24(3,4)5)13-19(15-20)25(6,7)8/h13-15,28-30H,1H2,2-12H3. The van der Waals surface area contributed by atoms with Crippen LogP contribution in [0.25, 0.3) is 5.57 Å². The molecule has 3 N–H and O–H groups in total. The van der Waals surface area contributed by atoms with E-state index < -0.39 is 5.41 Å². The van der Waals surface area contributed by atoms with Gasteiger partial charge in [0.25, 0.3) is 0 Å². The monoisotopic (exact) mass is 411 g/mol. The van der Waals surface area contributed by atoms with Crippen LogP contribution in [0.5, 0.6) is 11.5 Å². The van der Waals surface area contributed by atoms with E-state index in [1.165, 1.54) is 16.7 Å². The van der Waals surface area contributed by atoms with Crippen molar-refractivity contribution in [2.75, 3.05) is 0 Å². The van der Waals surface area contributed by atoms with Crippen molar-refractivity contribution in [3.8, 4) is 11.5 Å². The van der Waals surface area contributed by atoms with E-state index in [4.69, 9.17) is 0 Å². The van der Waals surface area contributed by atoms with Crippen LogP contribution in [-0.2, 0) is 16.2 Å². The second kappa shape index (κ2) is 7.21. The summed E-state index contributed by atoms with van der Waals surface area (Å²) in [4.78, 5) is 3.11. The Hall–Kier alpha value is -2.16. The number of aryl methyl sites for hydroxylation is 1. The summed E-state index contributed by atoms with van der Waals surface area (Å²) in [5.74, 6) is -0.232. The molecule has 166 valence electrons. The van der Waals surface area contributed by atoms with Crippen LogP contribution in [-0.4, -0.2) is 15.2 Å². The van der Waals surface area contributed by atoms with Crippen molar-refractivity contribution in [3.63, 3.8) is 0 Å². The molecule has 0 aliphatic rings. The minimum absolute atomic E-state index is 0.0356. The van der Waals surface area contributed by atoms with Crippen molar-refractivity contribution in [3.05, 3.63) is 52.9 Å². The van der Waals surface area contributed by atoms with E-state index in [9.17, 15) is 10.2 Å². The van der Waals surface area contributed by atoms with Crippen molar-refractivity contribution >= 4 is 5.57 Å². The highest BCUT2D eigenvalue weighted by Gasteiger charge is 2.43. The maximum absolute atomic E-state index is 10.4. The summed E-state index contributed by atoms with van der Waals surface area (Å²) in [6, 6.07) is 6.97. The molecule has 1 aromatic heterocycles. The second-order valence-electron chi connectivity index (χ2n) is 11.8. The SMILES string of the molecule is C=C(c1[nH]c(C)c(O)c1O)C(C)(C)C(C)(C)c1cc(C(C)(C)C)cc(C(C)(C)C)c1. The summed E-state index contributed by atoms with van der Waals surface area (Å²) in [6.45, 7) is 28.4. The molecule has 0 saturated heterocycles. The van der Waals surface area contributed by atoms with Gasteiger partial charge in [0.15, 0.2) is 11.5 Å². The van der Waals surface area contributed by atoms with Gasteiger partial charge in [-0.25, -0.2) is 0 Å². The van der Waals surface area contributed by atoms with E-state index in [-0.39, 0.29) is 27.7 Å². The number of aromatic hydroxyl groups is 2. The Morgan fingerprint density at radius 2 is 1.13 bits per heavy atom. The maximum atomic E-state index is 10.4. The Labute approximate surface area is 183 Å². The van der Waals surface area contributed by atoms with Gasteiger partial charge in [-0.05, 0) is 45.4 Å². The zero-order valence-electron chi connectivity index (χ0n) is 20.8. The molecule has 0 fully saturated rings. The molecule has 0 spiro atoms. The summed E-state index contributed by atoms with van der Waals surface area (Å²) >= 11 is 0. The van der Waals surface area contributed by atoms with E-state index in [0.717, 1.165) is 5.57 Å². The number of allylic oxidation sites excluding steroid dienone is 1. The lowest BCUT2D eigenvalue weighted by molar-refractivity contribution is 0.279. The van der Waals surface area contributed by atoms with Gasteiger partial charge in [-0.3, -0.25) is 0 Å². The number of rotatable bonds is 4. The third-order valence-electron chi connectivity index (χ3n) is 7.13. The quantitative estimate of drug-likeness (QED) is 0.492. The molecule has 3 heteroatoms. The van der Waals surface area contributed by atoms with E-state index in [1.54, 1.807) is 6.92 Å². The predicted molar refractivity (Wildman–Crippen MR) is 129 cm³/mol. The van der Waals surface area contributed by atoms with Gasteiger partial charge in [0, 0.05) is 5.41 Å². The van der Waals surface area contributed by atoms with Crippen LogP contribution in [0.1, 0.15) is 97.3 Å². The lowest BCUT2D eigenvalue weighted by atomic mass is 9.59. The first kappa shape index (κ1) is 24.1. The molecule has 0 bridgehead atoms. The number of hydrogen-bond acceptors (Lipinski definition) is 2. The van der Waals surface area contributed by atoms with Gasteiger partial charge in [-0.15, -0.1) is 0 Å². The van der Waals surface area contributed by atoms with Crippen molar-refractivity contribution < 1.29 is 10.2 Å². The van der Waals surface area contributed by atoms with Gasteiger partial charge in [-0.2, -0.15) is 0 Å². The van der Waals surface area contributed by atoms with Gasteiger partial charge in [0.05, 0.1) is 11.4 Å². The van der Waals surface area contributed by atoms with Crippen LogP contribution in [0.4, 0.5) is 0 Å². The third kappa shape index (κ3) is 4.04. The average molecular weight is 412 g/mol. The van der Waals surface area contributed by atoms with Gasteiger partial charge in [0.1, 0.15) is 0 Å². The fourth-order valence-corrected chi connectivity index (χ4v) is 3.73. The van der Waals surface area contributed by atoms with Gasteiger partial charge < -0.3 is 15.2 Å². The van der Waals surface area contributed by atoms with Crippen LogP contribution < -0.4 is 0 Å². The number of aromatic amines is 1. The number of H-pyrrole nitrogens is 1. The Kier molecular flexibility index (Phi) is 5.80. The van der Waals surface area contributed by atoms with E-state index in [1.807, 2.05) is 0 Å². The Bertz CT molecular complexity index is 928. The highest BCUT2D eigenvalue weighted by Crippen LogP contribution is 2.52. The summed E-state index contributed by atoms with van der Waals surface area (Å²) in [5, 5.41) is 20.5. The van der Waals surface area contributed by atoms with E-state index in [0.29, 0.717) is 11.4 Å². The summed E-state index contributed by atoms with van der Waals surface area (Å²) < 4.78 is 0. The maximum Gasteiger partial charge on any atom is 0.183 e. The van der Waals surface area contributed by atoms with Crippen LogP contribution in [0.15, 0.2) is 24.8 Å².